The van der Waals surface area contributed by atoms with E-state index in [0.29, 0.717) is 22.3 Å². The normalized spacial score (nSPS) is 13.1. The van der Waals surface area contributed by atoms with E-state index in [1.54, 1.807) is 12.1 Å². The Morgan fingerprint density at radius 3 is 2.67 bits per heavy atom. The van der Waals surface area contributed by atoms with E-state index in [4.69, 9.17) is 11.6 Å². The number of nitrogens with zero attached hydrogens (tertiary/aromatic N) is 2. The van der Waals surface area contributed by atoms with Crippen molar-refractivity contribution in [1.82, 2.24) is 9.36 Å². The Morgan fingerprint density at radius 2 is 2.14 bits per heavy atom. The Labute approximate surface area is 133 Å². The van der Waals surface area contributed by atoms with Gasteiger partial charge in [0.1, 0.15) is 16.7 Å². The predicted molar refractivity (Wildman–Crippen MR) is 84.1 cm³/mol. The highest BCUT2D eigenvalue weighted by Gasteiger charge is 2.27. The SMILES string of the molecule is CC(C)(C)c1nsc(C(Cc2cccc(Cl)c2)C(=O)O)n1. The van der Waals surface area contributed by atoms with Gasteiger partial charge >= 0.3 is 5.97 Å². The summed E-state index contributed by atoms with van der Waals surface area (Å²) in [7, 11) is 0. The molecule has 2 aromatic rings. The largest absolute Gasteiger partial charge is 0.481 e. The molecule has 1 aromatic carbocycles. The second kappa shape index (κ2) is 6.12. The molecular formula is C15H17ClN2O2S. The van der Waals surface area contributed by atoms with Gasteiger partial charge in [0, 0.05) is 10.4 Å². The van der Waals surface area contributed by atoms with Crippen LogP contribution in [0.15, 0.2) is 24.3 Å². The summed E-state index contributed by atoms with van der Waals surface area (Å²) in [5.74, 6) is -0.913. The molecule has 21 heavy (non-hydrogen) atoms. The van der Waals surface area contributed by atoms with Crippen LogP contribution in [0.2, 0.25) is 5.02 Å². The third-order valence-electron chi connectivity index (χ3n) is 3.04. The zero-order valence-electron chi connectivity index (χ0n) is 12.1. The Bertz CT molecular complexity index is 649. The van der Waals surface area contributed by atoms with Crippen molar-refractivity contribution < 1.29 is 9.90 Å². The zero-order valence-corrected chi connectivity index (χ0v) is 13.7. The maximum Gasteiger partial charge on any atom is 0.313 e. The van der Waals surface area contributed by atoms with E-state index in [9.17, 15) is 9.90 Å². The summed E-state index contributed by atoms with van der Waals surface area (Å²) >= 11 is 7.11. The molecule has 0 saturated carbocycles. The molecule has 1 atom stereocenters. The Morgan fingerprint density at radius 1 is 1.43 bits per heavy atom. The van der Waals surface area contributed by atoms with Gasteiger partial charge in [-0.2, -0.15) is 4.37 Å². The number of aliphatic carboxylic acids is 1. The van der Waals surface area contributed by atoms with E-state index >= 15 is 0 Å². The highest BCUT2D eigenvalue weighted by atomic mass is 35.5. The Kier molecular flexibility index (Phi) is 4.64. The number of aromatic nitrogens is 2. The molecule has 0 amide bonds. The van der Waals surface area contributed by atoms with Gasteiger partial charge in [-0.3, -0.25) is 4.79 Å². The van der Waals surface area contributed by atoms with Crippen LogP contribution >= 0.6 is 23.1 Å². The van der Waals surface area contributed by atoms with Crippen LogP contribution in [0.25, 0.3) is 0 Å². The van der Waals surface area contributed by atoms with E-state index in [1.165, 1.54) is 0 Å². The van der Waals surface area contributed by atoms with Gasteiger partial charge in [0.15, 0.2) is 0 Å². The smallest absolute Gasteiger partial charge is 0.313 e. The molecular weight excluding hydrogens is 308 g/mol. The van der Waals surface area contributed by atoms with Gasteiger partial charge in [0.2, 0.25) is 0 Å². The Balaban J connectivity index is 2.27. The van der Waals surface area contributed by atoms with Gasteiger partial charge in [-0.1, -0.05) is 44.5 Å². The van der Waals surface area contributed by atoms with Crippen LogP contribution in [-0.2, 0) is 16.6 Å². The van der Waals surface area contributed by atoms with Gasteiger partial charge < -0.3 is 5.11 Å². The number of benzene rings is 1. The van der Waals surface area contributed by atoms with Crippen molar-refractivity contribution in [2.24, 2.45) is 0 Å². The lowest BCUT2D eigenvalue weighted by molar-refractivity contribution is -0.138. The topological polar surface area (TPSA) is 63.1 Å². The predicted octanol–water partition coefficient (Wildman–Crippen LogP) is 3.90. The molecule has 0 spiro atoms. The molecule has 4 nitrogen and oxygen atoms in total. The first kappa shape index (κ1) is 15.9. The fourth-order valence-electron chi connectivity index (χ4n) is 1.86. The molecule has 0 bridgehead atoms. The van der Waals surface area contributed by atoms with E-state index in [-0.39, 0.29) is 5.41 Å². The Hall–Kier alpha value is -1.46. The maximum atomic E-state index is 11.6. The van der Waals surface area contributed by atoms with Gasteiger partial charge in [-0.15, -0.1) is 0 Å². The second-order valence-corrected chi connectivity index (χ2v) is 7.15. The molecule has 2 rings (SSSR count). The summed E-state index contributed by atoms with van der Waals surface area (Å²) < 4.78 is 4.29. The van der Waals surface area contributed by atoms with Gasteiger partial charge in [-0.05, 0) is 35.6 Å². The van der Waals surface area contributed by atoms with Crippen LogP contribution in [0.4, 0.5) is 0 Å². The minimum atomic E-state index is -0.897. The number of hydrogen-bond donors (Lipinski definition) is 1. The van der Waals surface area contributed by atoms with Crippen LogP contribution in [-0.4, -0.2) is 20.4 Å². The van der Waals surface area contributed by atoms with Crippen LogP contribution in [0.5, 0.6) is 0 Å². The zero-order chi connectivity index (χ0) is 15.6. The minimum Gasteiger partial charge on any atom is -0.481 e. The van der Waals surface area contributed by atoms with Gasteiger partial charge in [-0.25, -0.2) is 4.98 Å². The summed E-state index contributed by atoms with van der Waals surface area (Å²) in [6.07, 6.45) is 0.356. The standard InChI is InChI=1S/C15H17ClN2O2S/c1-15(2,3)14-17-12(21-18-14)11(13(19)20)8-9-5-4-6-10(16)7-9/h4-7,11H,8H2,1-3H3,(H,19,20). The first-order valence-corrected chi connectivity index (χ1v) is 7.74. The maximum absolute atomic E-state index is 11.6. The first-order valence-electron chi connectivity index (χ1n) is 6.58. The molecule has 1 N–H and O–H groups in total. The van der Waals surface area contributed by atoms with Crippen LogP contribution in [0.1, 0.15) is 43.1 Å². The van der Waals surface area contributed by atoms with Crippen molar-refractivity contribution in [1.29, 1.82) is 0 Å². The van der Waals surface area contributed by atoms with Gasteiger partial charge in [0.05, 0.1) is 0 Å². The summed E-state index contributed by atoms with van der Waals surface area (Å²) in [5, 5.41) is 10.6. The average molecular weight is 325 g/mol. The summed E-state index contributed by atoms with van der Waals surface area (Å²) in [6, 6.07) is 7.23. The molecule has 112 valence electrons. The average Bonchev–Trinajstić information content (AvgIpc) is 2.84. The molecule has 0 aliphatic rings. The molecule has 6 heteroatoms. The summed E-state index contributed by atoms with van der Waals surface area (Å²) in [6.45, 7) is 6.02. The van der Waals surface area contributed by atoms with E-state index in [0.717, 1.165) is 17.1 Å². The fraction of sp³-hybridized carbons (Fsp3) is 0.400. The molecule has 0 aliphatic heterocycles. The van der Waals surface area contributed by atoms with E-state index in [1.807, 2.05) is 32.9 Å². The third kappa shape index (κ3) is 4.02. The van der Waals surface area contributed by atoms with Gasteiger partial charge in [0.25, 0.3) is 0 Å². The first-order chi connectivity index (χ1) is 9.77. The van der Waals surface area contributed by atoms with Crippen molar-refractivity contribution in [3.8, 4) is 0 Å². The summed E-state index contributed by atoms with van der Waals surface area (Å²) in [5.41, 5.74) is 0.691. The lowest BCUT2D eigenvalue weighted by atomic mass is 9.95. The van der Waals surface area contributed by atoms with Crippen molar-refractivity contribution in [3.63, 3.8) is 0 Å². The molecule has 0 fully saturated rings. The highest BCUT2D eigenvalue weighted by Crippen LogP contribution is 2.28. The van der Waals surface area contributed by atoms with Crippen LogP contribution < -0.4 is 0 Å². The molecule has 1 aromatic heterocycles. The highest BCUT2D eigenvalue weighted by molar-refractivity contribution is 7.05. The number of hydrogen-bond acceptors (Lipinski definition) is 4. The molecule has 0 radical (unpaired) electrons. The van der Waals surface area contributed by atoms with E-state index < -0.39 is 11.9 Å². The van der Waals surface area contributed by atoms with E-state index in [2.05, 4.69) is 9.36 Å². The fourth-order valence-corrected chi connectivity index (χ4v) is 3.01. The lowest BCUT2D eigenvalue weighted by Crippen LogP contribution is -2.16. The van der Waals surface area contributed by atoms with Crippen molar-refractivity contribution in [3.05, 3.63) is 45.7 Å². The molecule has 1 heterocycles. The third-order valence-corrected chi connectivity index (χ3v) is 4.10. The van der Waals surface area contributed by atoms with Crippen LogP contribution in [0.3, 0.4) is 0 Å². The molecule has 0 aliphatic carbocycles. The van der Waals surface area contributed by atoms with Crippen molar-refractivity contribution in [2.75, 3.05) is 0 Å². The minimum absolute atomic E-state index is 0.187. The monoisotopic (exact) mass is 324 g/mol. The van der Waals surface area contributed by atoms with Crippen molar-refractivity contribution in [2.45, 2.75) is 38.5 Å². The molecule has 1 unspecified atom stereocenters. The second-order valence-electron chi connectivity index (χ2n) is 5.93. The van der Waals surface area contributed by atoms with Crippen LogP contribution in [0, 0.1) is 0 Å². The number of carboxylic acids is 1. The summed E-state index contributed by atoms with van der Waals surface area (Å²) in [4.78, 5) is 16.0. The number of carbonyl (C=O) groups is 1. The number of halogens is 1. The molecule has 0 saturated heterocycles. The van der Waals surface area contributed by atoms with Crippen molar-refractivity contribution >= 4 is 29.1 Å². The number of rotatable bonds is 4. The quantitative estimate of drug-likeness (QED) is 0.926. The lowest BCUT2D eigenvalue weighted by Gasteiger charge is -2.13. The number of carboxylic acid groups (broad SMARTS) is 1.